The summed E-state index contributed by atoms with van der Waals surface area (Å²) >= 11 is 0. The van der Waals surface area contributed by atoms with Crippen molar-refractivity contribution in [1.82, 2.24) is 0 Å². The van der Waals surface area contributed by atoms with E-state index in [0.717, 1.165) is 36.8 Å². The van der Waals surface area contributed by atoms with Crippen LogP contribution in [0.4, 0.5) is 10.1 Å². The van der Waals surface area contributed by atoms with Gasteiger partial charge in [-0.25, -0.2) is 9.18 Å². The molecule has 0 radical (unpaired) electrons. The molecule has 3 nitrogen and oxygen atoms in total. The Bertz CT molecular complexity index is 747. The normalized spacial score (nSPS) is 15.7. The highest BCUT2D eigenvalue weighted by atomic mass is 19.1. The average Bonchev–Trinajstić information content (AvgIpc) is 2.62. The highest BCUT2D eigenvalue weighted by Crippen LogP contribution is 2.34. The standard InChI is InChI=1S/C20H20FNO2/c21-16-7-9-17(10-8-16)22-13-14-6-11-18(19(12-14)20(23)24)15-4-2-1-3-5-15/h6-13,15H,1-5H2,(H,23,24)/b22-13+. The number of halogens is 1. The minimum absolute atomic E-state index is 0.307. The number of aliphatic imine (C=N–C) groups is 1. The molecule has 24 heavy (non-hydrogen) atoms. The van der Waals surface area contributed by atoms with E-state index in [0.29, 0.717) is 17.2 Å². The molecule has 0 amide bonds. The lowest BCUT2D eigenvalue weighted by Gasteiger charge is -2.23. The number of benzene rings is 2. The van der Waals surface area contributed by atoms with Gasteiger partial charge in [0.05, 0.1) is 11.3 Å². The summed E-state index contributed by atoms with van der Waals surface area (Å²) in [7, 11) is 0. The summed E-state index contributed by atoms with van der Waals surface area (Å²) in [6.07, 6.45) is 7.30. The van der Waals surface area contributed by atoms with E-state index in [9.17, 15) is 14.3 Å². The first-order chi connectivity index (χ1) is 11.6. The fourth-order valence-corrected chi connectivity index (χ4v) is 3.29. The molecule has 0 spiro atoms. The molecule has 4 heteroatoms. The van der Waals surface area contributed by atoms with Gasteiger partial charge in [-0.05, 0) is 60.2 Å². The first kappa shape index (κ1) is 16.4. The second kappa shape index (κ2) is 7.39. The number of carbonyl (C=O) groups is 1. The van der Waals surface area contributed by atoms with Crippen LogP contribution in [0.2, 0.25) is 0 Å². The lowest BCUT2D eigenvalue weighted by Crippen LogP contribution is -2.11. The summed E-state index contributed by atoms with van der Waals surface area (Å²) in [5.41, 5.74) is 2.66. The number of hydrogen-bond donors (Lipinski definition) is 1. The zero-order chi connectivity index (χ0) is 16.9. The van der Waals surface area contributed by atoms with Crippen molar-refractivity contribution >= 4 is 17.9 Å². The summed E-state index contributed by atoms with van der Waals surface area (Å²) in [6.45, 7) is 0. The SMILES string of the molecule is O=C(O)c1cc(/C=N/c2ccc(F)cc2)ccc1C1CCCCC1. The summed E-state index contributed by atoms with van der Waals surface area (Å²) in [6, 6.07) is 11.4. The maximum absolute atomic E-state index is 12.9. The highest BCUT2D eigenvalue weighted by Gasteiger charge is 2.21. The van der Waals surface area contributed by atoms with Crippen molar-refractivity contribution in [1.29, 1.82) is 0 Å². The van der Waals surface area contributed by atoms with Crippen molar-refractivity contribution in [2.45, 2.75) is 38.0 Å². The van der Waals surface area contributed by atoms with Crippen LogP contribution in [0.1, 0.15) is 59.5 Å². The minimum atomic E-state index is -0.896. The molecule has 0 aromatic heterocycles. The molecule has 1 N–H and O–H groups in total. The Hall–Kier alpha value is -2.49. The van der Waals surface area contributed by atoms with E-state index in [1.54, 1.807) is 24.4 Å². The zero-order valence-electron chi connectivity index (χ0n) is 13.4. The molecule has 124 valence electrons. The van der Waals surface area contributed by atoms with Gasteiger partial charge in [0.15, 0.2) is 0 Å². The van der Waals surface area contributed by atoms with Crippen molar-refractivity contribution in [2.75, 3.05) is 0 Å². The molecule has 0 unspecified atom stereocenters. The summed E-state index contributed by atoms with van der Waals surface area (Å²) in [5.74, 6) is -0.862. The van der Waals surface area contributed by atoms with E-state index in [1.165, 1.54) is 18.6 Å². The van der Waals surface area contributed by atoms with Gasteiger partial charge >= 0.3 is 5.97 Å². The largest absolute Gasteiger partial charge is 0.478 e. The van der Waals surface area contributed by atoms with E-state index < -0.39 is 5.97 Å². The van der Waals surface area contributed by atoms with Gasteiger partial charge in [-0.15, -0.1) is 0 Å². The molecular weight excluding hydrogens is 305 g/mol. The molecule has 1 saturated carbocycles. The Kier molecular flexibility index (Phi) is 5.04. The fraction of sp³-hybridized carbons (Fsp3) is 0.300. The number of aromatic carboxylic acids is 1. The third kappa shape index (κ3) is 3.88. The highest BCUT2D eigenvalue weighted by molar-refractivity contribution is 5.93. The molecular formula is C20H20FNO2. The van der Waals surface area contributed by atoms with Crippen LogP contribution in [0.5, 0.6) is 0 Å². The van der Waals surface area contributed by atoms with Gasteiger partial charge in [-0.3, -0.25) is 4.99 Å². The third-order valence-electron chi connectivity index (χ3n) is 4.54. The summed E-state index contributed by atoms with van der Waals surface area (Å²) < 4.78 is 12.9. The van der Waals surface area contributed by atoms with Crippen molar-refractivity contribution in [3.8, 4) is 0 Å². The Labute approximate surface area is 140 Å². The molecule has 1 aliphatic rings. The topological polar surface area (TPSA) is 49.7 Å². The predicted molar refractivity (Wildman–Crippen MR) is 92.9 cm³/mol. The maximum atomic E-state index is 12.9. The van der Waals surface area contributed by atoms with Crippen molar-refractivity contribution < 1.29 is 14.3 Å². The van der Waals surface area contributed by atoms with Crippen LogP contribution >= 0.6 is 0 Å². The quantitative estimate of drug-likeness (QED) is 0.773. The number of nitrogens with zero attached hydrogens (tertiary/aromatic N) is 1. The Morgan fingerprint density at radius 3 is 2.46 bits per heavy atom. The van der Waals surface area contributed by atoms with Gasteiger partial charge in [0.1, 0.15) is 5.82 Å². The van der Waals surface area contributed by atoms with Crippen LogP contribution in [-0.2, 0) is 0 Å². The van der Waals surface area contributed by atoms with E-state index in [4.69, 9.17) is 0 Å². The monoisotopic (exact) mass is 325 g/mol. The second-order valence-corrected chi connectivity index (χ2v) is 6.22. The van der Waals surface area contributed by atoms with Crippen LogP contribution in [0, 0.1) is 5.82 Å². The zero-order valence-corrected chi connectivity index (χ0v) is 13.4. The van der Waals surface area contributed by atoms with Gasteiger partial charge in [0, 0.05) is 6.21 Å². The molecule has 2 aromatic rings. The van der Waals surface area contributed by atoms with E-state index >= 15 is 0 Å². The van der Waals surface area contributed by atoms with Gasteiger partial charge in [-0.2, -0.15) is 0 Å². The van der Waals surface area contributed by atoms with Gasteiger partial charge in [0.25, 0.3) is 0 Å². The number of rotatable bonds is 4. The number of carboxylic acids is 1. The first-order valence-electron chi connectivity index (χ1n) is 8.30. The molecule has 0 atom stereocenters. The molecule has 1 aliphatic carbocycles. The van der Waals surface area contributed by atoms with Crippen molar-refractivity contribution in [3.05, 3.63) is 65.0 Å². The molecule has 0 bridgehead atoms. The molecule has 1 fully saturated rings. The second-order valence-electron chi connectivity index (χ2n) is 6.22. The Balaban J connectivity index is 1.85. The van der Waals surface area contributed by atoms with Crippen LogP contribution in [0.3, 0.4) is 0 Å². The summed E-state index contributed by atoms with van der Waals surface area (Å²) in [4.78, 5) is 15.9. The average molecular weight is 325 g/mol. The molecule has 0 saturated heterocycles. The molecule has 0 heterocycles. The van der Waals surface area contributed by atoms with Crippen LogP contribution in [0.15, 0.2) is 47.5 Å². The third-order valence-corrected chi connectivity index (χ3v) is 4.54. The molecule has 3 rings (SSSR count). The first-order valence-corrected chi connectivity index (χ1v) is 8.30. The van der Waals surface area contributed by atoms with E-state index in [-0.39, 0.29) is 5.82 Å². The maximum Gasteiger partial charge on any atom is 0.335 e. The van der Waals surface area contributed by atoms with E-state index in [1.807, 2.05) is 12.1 Å². The van der Waals surface area contributed by atoms with Crippen LogP contribution < -0.4 is 0 Å². The smallest absolute Gasteiger partial charge is 0.335 e. The molecule has 0 aliphatic heterocycles. The number of hydrogen-bond acceptors (Lipinski definition) is 2. The van der Waals surface area contributed by atoms with Crippen molar-refractivity contribution in [2.24, 2.45) is 4.99 Å². The number of carboxylic acid groups (broad SMARTS) is 1. The van der Waals surface area contributed by atoms with Crippen LogP contribution in [0.25, 0.3) is 0 Å². The van der Waals surface area contributed by atoms with E-state index in [2.05, 4.69) is 4.99 Å². The Morgan fingerprint density at radius 1 is 1.08 bits per heavy atom. The minimum Gasteiger partial charge on any atom is -0.478 e. The predicted octanol–water partition coefficient (Wildman–Crippen LogP) is 5.32. The molecule has 2 aromatic carbocycles. The van der Waals surface area contributed by atoms with Crippen molar-refractivity contribution in [3.63, 3.8) is 0 Å². The van der Waals surface area contributed by atoms with Gasteiger partial charge in [-0.1, -0.05) is 31.4 Å². The van der Waals surface area contributed by atoms with Crippen LogP contribution in [-0.4, -0.2) is 17.3 Å². The Morgan fingerprint density at radius 2 is 1.79 bits per heavy atom. The van der Waals surface area contributed by atoms with Gasteiger partial charge in [0.2, 0.25) is 0 Å². The fourth-order valence-electron chi connectivity index (χ4n) is 3.29. The lowest BCUT2D eigenvalue weighted by molar-refractivity contribution is 0.0694. The van der Waals surface area contributed by atoms with Gasteiger partial charge < -0.3 is 5.11 Å². The lowest BCUT2D eigenvalue weighted by atomic mass is 9.81. The summed E-state index contributed by atoms with van der Waals surface area (Å²) in [5, 5.41) is 9.55.